The Morgan fingerprint density at radius 2 is 2.03 bits per heavy atom. The lowest BCUT2D eigenvalue weighted by Gasteiger charge is -2.28. The maximum atomic E-state index is 11.3. The molecular formula is C27H33BrO6. The van der Waals surface area contributed by atoms with Gasteiger partial charge in [-0.1, -0.05) is 24.0 Å². The molecule has 7 heteroatoms. The van der Waals surface area contributed by atoms with Crippen LogP contribution in [0.15, 0.2) is 58.3 Å². The minimum absolute atomic E-state index is 0.285. The Bertz CT molecular complexity index is 985. The van der Waals surface area contributed by atoms with Crippen LogP contribution in [0.5, 0.6) is 5.75 Å². The van der Waals surface area contributed by atoms with E-state index >= 15 is 0 Å². The van der Waals surface area contributed by atoms with E-state index in [9.17, 15) is 9.90 Å². The molecule has 1 N–H and O–H groups in total. The number of ether oxygens (including phenoxy) is 4. The summed E-state index contributed by atoms with van der Waals surface area (Å²) in [7, 11) is 0. The molecule has 0 saturated heterocycles. The van der Waals surface area contributed by atoms with Crippen LogP contribution in [0.25, 0.3) is 0 Å². The monoisotopic (exact) mass is 532 g/mol. The van der Waals surface area contributed by atoms with E-state index < -0.39 is 17.7 Å². The van der Waals surface area contributed by atoms with Crippen LogP contribution in [0, 0.1) is 11.8 Å². The molecule has 0 radical (unpaired) electrons. The molecule has 2 rings (SSSR count). The molecule has 0 bridgehead atoms. The van der Waals surface area contributed by atoms with Crippen molar-refractivity contribution in [3.63, 3.8) is 0 Å². The summed E-state index contributed by atoms with van der Waals surface area (Å²) in [5.41, 5.74) is 1.02. The van der Waals surface area contributed by atoms with Crippen LogP contribution in [0.1, 0.15) is 39.7 Å². The fourth-order valence-corrected chi connectivity index (χ4v) is 3.92. The number of halogens is 1. The summed E-state index contributed by atoms with van der Waals surface area (Å²) in [5, 5.41) is 9.27. The van der Waals surface area contributed by atoms with Gasteiger partial charge in [0, 0.05) is 26.1 Å². The van der Waals surface area contributed by atoms with Gasteiger partial charge in [0.15, 0.2) is 11.7 Å². The Hall–Kier alpha value is -2.53. The van der Waals surface area contributed by atoms with Crippen molar-refractivity contribution in [2.45, 2.75) is 52.2 Å². The zero-order chi connectivity index (χ0) is 25.0. The summed E-state index contributed by atoms with van der Waals surface area (Å²) in [6, 6.07) is 5.51. The SMILES string of the molecule is CCOC1=CC=CC(C#C/C(C)=C\COc2ccc(C[C@H](OCC)C(=O)O)cc2Br)(OCC)C1. The highest BCUT2D eigenvalue weighted by Gasteiger charge is 2.29. The second-order valence-electron chi connectivity index (χ2n) is 7.62. The highest BCUT2D eigenvalue weighted by atomic mass is 79.9. The first-order valence-corrected chi connectivity index (χ1v) is 12.2. The fraction of sp³-hybridized carbons (Fsp3) is 0.444. The Morgan fingerprint density at radius 1 is 1.24 bits per heavy atom. The molecule has 0 heterocycles. The van der Waals surface area contributed by atoms with Crippen molar-refractivity contribution in [1.82, 2.24) is 0 Å². The maximum Gasteiger partial charge on any atom is 0.333 e. The van der Waals surface area contributed by atoms with Gasteiger partial charge in [0.05, 0.1) is 11.1 Å². The van der Waals surface area contributed by atoms with Gasteiger partial charge < -0.3 is 24.1 Å². The lowest BCUT2D eigenvalue weighted by Crippen LogP contribution is -2.31. The van der Waals surface area contributed by atoms with Gasteiger partial charge in [-0.25, -0.2) is 4.79 Å². The molecule has 0 saturated carbocycles. The fourth-order valence-electron chi connectivity index (χ4n) is 3.38. The molecule has 2 atom stereocenters. The molecular weight excluding hydrogens is 500 g/mol. The van der Waals surface area contributed by atoms with E-state index in [0.29, 0.717) is 38.6 Å². The second-order valence-corrected chi connectivity index (χ2v) is 8.48. The molecule has 1 aromatic carbocycles. The molecule has 0 fully saturated rings. The van der Waals surface area contributed by atoms with Gasteiger partial charge in [-0.2, -0.15) is 0 Å². The summed E-state index contributed by atoms with van der Waals surface area (Å²) in [6.45, 7) is 9.46. The summed E-state index contributed by atoms with van der Waals surface area (Å²) in [6.07, 6.45) is 7.74. The maximum absolute atomic E-state index is 11.3. The first-order chi connectivity index (χ1) is 16.3. The van der Waals surface area contributed by atoms with Gasteiger partial charge in [0.2, 0.25) is 0 Å². The topological polar surface area (TPSA) is 74.2 Å². The lowest BCUT2D eigenvalue weighted by molar-refractivity contribution is -0.149. The van der Waals surface area contributed by atoms with Crippen molar-refractivity contribution in [3.8, 4) is 17.6 Å². The third-order valence-corrected chi connectivity index (χ3v) is 5.60. The lowest BCUT2D eigenvalue weighted by atomic mass is 9.93. The number of benzene rings is 1. The molecule has 0 spiro atoms. The first-order valence-electron chi connectivity index (χ1n) is 11.4. The molecule has 0 amide bonds. The Morgan fingerprint density at radius 3 is 2.68 bits per heavy atom. The highest BCUT2D eigenvalue weighted by molar-refractivity contribution is 9.10. The smallest absolute Gasteiger partial charge is 0.333 e. The Kier molecular flexibility index (Phi) is 11.4. The van der Waals surface area contributed by atoms with Crippen molar-refractivity contribution in [1.29, 1.82) is 0 Å². The van der Waals surface area contributed by atoms with E-state index in [0.717, 1.165) is 21.4 Å². The number of carboxylic acid groups (broad SMARTS) is 1. The molecule has 1 aliphatic rings. The van der Waals surface area contributed by atoms with Crippen LogP contribution >= 0.6 is 15.9 Å². The van der Waals surface area contributed by atoms with E-state index in [-0.39, 0.29) is 6.42 Å². The molecule has 1 aliphatic carbocycles. The average Bonchev–Trinajstić information content (AvgIpc) is 2.79. The number of allylic oxidation sites excluding steroid dienone is 3. The normalized spacial score (nSPS) is 18.5. The van der Waals surface area contributed by atoms with Crippen LogP contribution in [-0.2, 0) is 25.4 Å². The summed E-state index contributed by atoms with van der Waals surface area (Å²) in [5.74, 6) is 7.00. The number of rotatable bonds is 12. The van der Waals surface area contributed by atoms with Crippen molar-refractivity contribution in [2.24, 2.45) is 0 Å². The predicted octanol–water partition coefficient (Wildman–Crippen LogP) is 5.47. The third-order valence-electron chi connectivity index (χ3n) is 4.98. The zero-order valence-corrected chi connectivity index (χ0v) is 21.8. The minimum atomic E-state index is -0.972. The molecule has 1 unspecified atom stereocenters. The van der Waals surface area contributed by atoms with Crippen molar-refractivity contribution >= 4 is 21.9 Å². The molecule has 0 aromatic heterocycles. The van der Waals surface area contributed by atoms with Gasteiger partial charge in [-0.15, -0.1) is 0 Å². The predicted molar refractivity (Wildman–Crippen MR) is 136 cm³/mol. The first kappa shape index (κ1) is 27.7. The Labute approximate surface area is 210 Å². The number of carbonyl (C=O) groups is 1. The van der Waals surface area contributed by atoms with Crippen molar-refractivity contribution in [2.75, 3.05) is 26.4 Å². The van der Waals surface area contributed by atoms with Gasteiger partial charge in [-0.3, -0.25) is 0 Å². The second kappa shape index (κ2) is 14.0. The van der Waals surface area contributed by atoms with Crippen LogP contribution < -0.4 is 4.74 Å². The van der Waals surface area contributed by atoms with E-state index in [2.05, 4.69) is 27.8 Å². The molecule has 1 aromatic rings. The van der Waals surface area contributed by atoms with Crippen LogP contribution in [0.4, 0.5) is 0 Å². The molecule has 34 heavy (non-hydrogen) atoms. The zero-order valence-electron chi connectivity index (χ0n) is 20.2. The molecule has 0 aliphatic heterocycles. The van der Waals surface area contributed by atoms with Crippen LogP contribution in [0.3, 0.4) is 0 Å². The number of carboxylic acids is 1. The van der Waals surface area contributed by atoms with Gasteiger partial charge >= 0.3 is 5.97 Å². The number of hydrogen-bond acceptors (Lipinski definition) is 5. The highest BCUT2D eigenvalue weighted by Crippen LogP contribution is 2.28. The van der Waals surface area contributed by atoms with Gasteiger partial charge in [-0.05, 0) is 85.1 Å². The van der Waals surface area contributed by atoms with E-state index in [1.54, 1.807) is 6.92 Å². The molecule has 184 valence electrons. The largest absolute Gasteiger partial charge is 0.498 e. The van der Waals surface area contributed by atoms with Crippen LogP contribution in [-0.4, -0.2) is 49.2 Å². The van der Waals surface area contributed by atoms with E-state index in [1.807, 2.05) is 63.3 Å². The summed E-state index contributed by atoms with van der Waals surface area (Å²) < 4.78 is 23.5. The number of hydrogen-bond donors (Lipinski definition) is 1. The minimum Gasteiger partial charge on any atom is -0.498 e. The van der Waals surface area contributed by atoms with E-state index in [4.69, 9.17) is 18.9 Å². The summed E-state index contributed by atoms with van der Waals surface area (Å²) >= 11 is 3.50. The van der Waals surface area contributed by atoms with E-state index in [1.165, 1.54) is 0 Å². The average molecular weight is 533 g/mol. The van der Waals surface area contributed by atoms with Crippen molar-refractivity contribution < 1.29 is 28.8 Å². The number of aliphatic carboxylic acids is 1. The van der Waals surface area contributed by atoms with Crippen molar-refractivity contribution in [3.05, 3.63) is 63.9 Å². The van der Waals surface area contributed by atoms with Gasteiger partial charge in [0.25, 0.3) is 0 Å². The van der Waals surface area contributed by atoms with Gasteiger partial charge in [0.1, 0.15) is 18.1 Å². The Balaban J connectivity index is 2.00. The quantitative estimate of drug-likeness (QED) is 0.360. The van der Waals surface area contributed by atoms with Crippen LogP contribution in [0.2, 0.25) is 0 Å². The molecule has 6 nitrogen and oxygen atoms in total. The third kappa shape index (κ3) is 8.68. The summed E-state index contributed by atoms with van der Waals surface area (Å²) in [4.78, 5) is 11.3. The standard InChI is InChI=1S/C27H33BrO6/c1-5-31-22-9-8-14-27(19-22,34-7-3)15-12-20(4)13-16-33-24-11-10-21(17-23(24)28)18-25(26(29)30)32-6-2/h8-11,13-14,17,25H,5-7,16,18-19H2,1-4H3,(H,29,30)/b20-13-/t25-,27?/m0/s1.